The van der Waals surface area contributed by atoms with Crippen molar-refractivity contribution in [3.8, 4) is 17.0 Å². The summed E-state index contributed by atoms with van der Waals surface area (Å²) in [5.74, 6) is 1.07. The number of hydrogen-bond acceptors (Lipinski definition) is 6. The number of nitrogens with one attached hydrogen (secondary N) is 1. The molecule has 3 aliphatic heterocycles. The summed E-state index contributed by atoms with van der Waals surface area (Å²) in [5.41, 5.74) is 4.84. The van der Waals surface area contributed by atoms with E-state index in [9.17, 15) is 5.11 Å². The largest absolute Gasteiger partial charge is 0.507 e. The molecule has 0 amide bonds. The van der Waals surface area contributed by atoms with Crippen LogP contribution in [-0.2, 0) is 15.9 Å². The fourth-order valence-electron chi connectivity index (χ4n) is 4.34. The Hall–Kier alpha value is -2.18. The molecule has 0 aliphatic carbocycles. The number of fused-ring (bicyclic) bond motifs is 4. The standard InChI is InChI=1S/C20H23N3O3/c1-11-2-4-14(16(24)8-11)19-15-9-13-3-5-17(26-13)18(15)20(23-22-19)21-12-6-7-25-10-12/h2,4,8,12-13,17,24H,3,5-7,9-10H2,1H3,(H,21,23). The van der Waals surface area contributed by atoms with Gasteiger partial charge in [0, 0.05) is 24.2 Å². The van der Waals surface area contributed by atoms with E-state index < -0.39 is 0 Å². The van der Waals surface area contributed by atoms with Crippen LogP contribution in [0.25, 0.3) is 11.3 Å². The van der Waals surface area contributed by atoms with Crippen molar-refractivity contribution < 1.29 is 14.6 Å². The third-order valence-corrected chi connectivity index (χ3v) is 5.66. The average molecular weight is 353 g/mol. The van der Waals surface area contributed by atoms with E-state index in [1.54, 1.807) is 6.07 Å². The first-order valence-corrected chi connectivity index (χ1v) is 9.38. The van der Waals surface area contributed by atoms with Crippen molar-refractivity contribution in [2.24, 2.45) is 0 Å². The Labute approximate surface area is 152 Å². The van der Waals surface area contributed by atoms with E-state index in [0.717, 1.165) is 60.5 Å². The molecule has 3 aliphatic rings. The van der Waals surface area contributed by atoms with E-state index in [1.807, 2.05) is 19.1 Å². The molecule has 4 heterocycles. The molecule has 2 N–H and O–H groups in total. The second-order valence-electron chi connectivity index (χ2n) is 7.54. The lowest BCUT2D eigenvalue weighted by molar-refractivity contribution is 0.0325. The second kappa shape index (κ2) is 6.21. The summed E-state index contributed by atoms with van der Waals surface area (Å²) in [6.45, 7) is 3.45. The van der Waals surface area contributed by atoms with E-state index in [-0.39, 0.29) is 24.0 Å². The molecule has 0 spiro atoms. The molecule has 6 nitrogen and oxygen atoms in total. The van der Waals surface area contributed by atoms with Crippen LogP contribution >= 0.6 is 0 Å². The van der Waals surface area contributed by atoms with Gasteiger partial charge < -0.3 is 19.9 Å². The normalized spacial score (nSPS) is 26.7. The first-order chi connectivity index (χ1) is 12.7. The molecule has 2 fully saturated rings. The zero-order valence-electron chi connectivity index (χ0n) is 14.9. The Balaban J connectivity index is 1.62. The average Bonchev–Trinajstić information content (AvgIpc) is 3.26. The molecule has 2 saturated heterocycles. The zero-order valence-corrected chi connectivity index (χ0v) is 14.9. The fraction of sp³-hybridized carbons (Fsp3) is 0.500. The highest BCUT2D eigenvalue weighted by Gasteiger charge is 2.38. The van der Waals surface area contributed by atoms with Crippen molar-refractivity contribution in [1.82, 2.24) is 10.2 Å². The van der Waals surface area contributed by atoms with Crippen LogP contribution < -0.4 is 5.32 Å². The molecule has 3 atom stereocenters. The third-order valence-electron chi connectivity index (χ3n) is 5.66. The monoisotopic (exact) mass is 353 g/mol. The van der Waals surface area contributed by atoms with Gasteiger partial charge >= 0.3 is 0 Å². The molecule has 1 aromatic carbocycles. The molecule has 5 rings (SSSR count). The quantitative estimate of drug-likeness (QED) is 0.883. The van der Waals surface area contributed by atoms with Crippen molar-refractivity contribution >= 4 is 5.82 Å². The lowest BCUT2D eigenvalue weighted by Gasteiger charge is -2.28. The van der Waals surface area contributed by atoms with Gasteiger partial charge in [0.15, 0.2) is 5.82 Å². The van der Waals surface area contributed by atoms with Gasteiger partial charge in [0.25, 0.3) is 0 Å². The Kier molecular flexibility index (Phi) is 3.83. The van der Waals surface area contributed by atoms with Gasteiger partial charge in [-0.25, -0.2) is 0 Å². The number of phenols is 1. The van der Waals surface area contributed by atoms with Crippen LogP contribution in [0.15, 0.2) is 18.2 Å². The predicted molar refractivity (Wildman–Crippen MR) is 97.3 cm³/mol. The van der Waals surface area contributed by atoms with Gasteiger partial charge in [-0.3, -0.25) is 0 Å². The highest BCUT2D eigenvalue weighted by molar-refractivity contribution is 5.73. The van der Waals surface area contributed by atoms with Crippen molar-refractivity contribution in [2.45, 2.75) is 50.9 Å². The number of anilines is 1. The van der Waals surface area contributed by atoms with Gasteiger partial charge in [-0.1, -0.05) is 6.07 Å². The lowest BCUT2D eigenvalue weighted by Crippen LogP contribution is -2.26. The van der Waals surface area contributed by atoms with Gasteiger partial charge in [0.05, 0.1) is 24.9 Å². The summed E-state index contributed by atoms with van der Waals surface area (Å²) in [7, 11) is 0. The van der Waals surface area contributed by atoms with Gasteiger partial charge in [-0.05, 0) is 49.4 Å². The Bertz CT molecular complexity index is 848. The molecule has 0 saturated carbocycles. The van der Waals surface area contributed by atoms with Gasteiger partial charge in [-0.2, -0.15) is 0 Å². The van der Waals surface area contributed by atoms with Crippen LogP contribution in [0, 0.1) is 6.92 Å². The van der Waals surface area contributed by atoms with E-state index in [2.05, 4.69) is 15.5 Å². The number of aromatic nitrogens is 2. The fourth-order valence-corrected chi connectivity index (χ4v) is 4.34. The van der Waals surface area contributed by atoms with E-state index in [4.69, 9.17) is 9.47 Å². The van der Waals surface area contributed by atoms with Crippen LogP contribution in [0.1, 0.15) is 42.1 Å². The number of nitrogens with zero attached hydrogens (tertiary/aromatic N) is 2. The molecular weight excluding hydrogens is 330 g/mol. The summed E-state index contributed by atoms with van der Waals surface area (Å²) >= 11 is 0. The summed E-state index contributed by atoms with van der Waals surface area (Å²) in [6.07, 6.45) is 4.18. The lowest BCUT2D eigenvalue weighted by atomic mass is 9.93. The van der Waals surface area contributed by atoms with Crippen molar-refractivity contribution in [3.05, 3.63) is 34.9 Å². The highest BCUT2D eigenvalue weighted by Crippen LogP contribution is 2.47. The smallest absolute Gasteiger partial charge is 0.155 e. The van der Waals surface area contributed by atoms with Crippen LogP contribution in [0.5, 0.6) is 5.75 Å². The highest BCUT2D eigenvalue weighted by atomic mass is 16.5. The number of rotatable bonds is 3. The molecule has 136 valence electrons. The summed E-state index contributed by atoms with van der Waals surface area (Å²) in [5, 5.41) is 23.0. The number of aromatic hydroxyl groups is 1. The molecular formula is C20H23N3O3. The summed E-state index contributed by atoms with van der Waals surface area (Å²) in [4.78, 5) is 0. The number of ether oxygens (including phenoxy) is 2. The first kappa shape index (κ1) is 16.0. The zero-order chi connectivity index (χ0) is 17.7. The minimum Gasteiger partial charge on any atom is -0.507 e. The first-order valence-electron chi connectivity index (χ1n) is 9.38. The topological polar surface area (TPSA) is 76.5 Å². The van der Waals surface area contributed by atoms with Crippen molar-refractivity contribution in [1.29, 1.82) is 0 Å². The third kappa shape index (κ3) is 2.64. The maximum Gasteiger partial charge on any atom is 0.155 e. The molecule has 0 radical (unpaired) electrons. The second-order valence-corrected chi connectivity index (χ2v) is 7.54. The molecule has 2 bridgehead atoms. The number of hydrogen-bond donors (Lipinski definition) is 2. The van der Waals surface area contributed by atoms with Gasteiger partial charge in [0.2, 0.25) is 0 Å². The van der Waals surface area contributed by atoms with Crippen LogP contribution in [0.4, 0.5) is 5.82 Å². The summed E-state index contributed by atoms with van der Waals surface area (Å²) in [6, 6.07) is 5.98. The number of phenolic OH excluding ortho intramolecular Hbond substituents is 1. The molecule has 26 heavy (non-hydrogen) atoms. The Morgan fingerprint density at radius 1 is 1.19 bits per heavy atom. The maximum atomic E-state index is 10.5. The maximum absolute atomic E-state index is 10.5. The van der Waals surface area contributed by atoms with E-state index in [0.29, 0.717) is 6.61 Å². The Morgan fingerprint density at radius 2 is 2.12 bits per heavy atom. The Morgan fingerprint density at radius 3 is 2.92 bits per heavy atom. The molecule has 6 heteroatoms. The van der Waals surface area contributed by atoms with E-state index >= 15 is 0 Å². The summed E-state index contributed by atoms with van der Waals surface area (Å²) < 4.78 is 11.6. The molecule has 2 aromatic rings. The minimum atomic E-state index is 0.0652. The van der Waals surface area contributed by atoms with Crippen LogP contribution in [-0.4, -0.2) is 40.7 Å². The predicted octanol–water partition coefficient (Wildman–Crippen LogP) is 3.13. The number of benzene rings is 1. The molecule has 1 aromatic heterocycles. The SMILES string of the molecule is Cc1ccc(-c2nnc(NC3CCOC3)c3c2CC2CCC3O2)c(O)c1. The van der Waals surface area contributed by atoms with Crippen LogP contribution in [0.2, 0.25) is 0 Å². The molecule has 3 unspecified atom stereocenters. The van der Waals surface area contributed by atoms with Gasteiger partial charge in [-0.15, -0.1) is 10.2 Å². The van der Waals surface area contributed by atoms with Crippen LogP contribution in [0.3, 0.4) is 0 Å². The van der Waals surface area contributed by atoms with Crippen molar-refractivity contribution in [2.75, 3.05) is 18.5 Å². The van der Waals surface area contributed by atoms with Gasteiger partial charge in [0.1, 0.15) is 11.4 Å². The minimum absolute atomic E-state index is 0.0652. The number of aryl methyl sites for hydroxylation is 1. The van der Waals surface area contributed by atoms with E-state index in [1.165, 1.54) is 5.56 Å². The van der Waals surface area contributed by atoms with Crippen molar-refractivity contribution in [3.63, 3.8) is 0 Å².